The van der Waals surface area contributed by atoms with Crippen LogP contribution < -0.4 is 10.2 Å². The minimum atomic E-state index is 0.209. The van der Waals surface area contributed by atoms with Gasteiger partial charge in [0.1, 0.15) is 0 Å². The monoisotopic (exact) mass is 314 g/mol. The molecular formula is C18H26N4O. The number of anilines is 1. The second kappa shape index (κ2) is 5.78. The van der Waals surface area contributed by atoms with Gasteiger partial charge in [-0.2, -0.15) is 0 Å². The highest BCUT2D eigenvalue weighted by atomic mass is 16.2. The molecular weight excluding hydrogens is 288 g/mol. The van der Waals surface area contributed by atoms with Crippen LogP contribution in [0.25, 0.3) is 0 Å². The van der Waals surface area contributed by atoms with Gasteiger partial charge in [0, 0.05) is 36.8 Å². The van der Waals surface area contributed by atoms with Crippen LogP contribution in [0.15, 0.2) is 24.5 Å². The van der Waals surface area contributed by atoms with E-state index in [1.54, 1.807) is 6.20 Å². The molecule has 5 heteroatoms. The SMILES string of the molecule is CN1CC[C@H](C(=O)NC2CCN(c3cccnc3)C2)CC12CC2. The van der Waals surface area contributed by atoms with Crippen LogP contribution in [0, 0.1) is 5.92 Å². The Morgan fingerprint density at radius 1 is 1.35 bits per heavy atom. The maximum absolute atomic E-state index is 12.7. The summed E-state index contributed by atoms with van der Waals surface area (Å²) >= 11 is 0. The molecule has 0 aromatic carbocycles. The van der Waals surface area contributed by atoms with Crippen LogP contribution in [0.5, 0.6) is 0 Å². The van der Waals surface area contributed by atoms with Crippen molar-refractivity contribution in [3.05, 3.63) is 24.5 Å². The third-order valence-electron chi connectivity index (χ3n) is 5.99. The van der Waals surface area contributed by atoms with E-state index in [9.17, 15) is 4.79 Å². The summed E-state index contributed by atoms with van der Waals surface area (Å²) < 4.78 is 0. The lowest BCUT2D eigenvalue weighted by Gasteiger charge is -2.37. The molecule has 3 aliphatic rings. The molecule has 2 aliphatic heterocycles. The number of amides is 1. The molecule has 3 heterocycles. The number of rotatable bonds is 3. The maximum atomic E-state index is 12.7. The summed E-state index contributed by atoms with van der Waals surface area (Å²) in [5, 5.41) is 3.31. The van der Waals surface area contributed by atoms with Gasteiger partial charge in [0.25, 0.3) is 0 Å². The van der Waals surface area contributed by atoms with Crippen LogP contribution in [0.4, 0.5) is 5.69 Å². The second-order valence-electron chi connectivity index (χ2n) is 7.49. The molecule has 1 spiro atoms. The fraction of sp³-hybridized carbons (Fsp3) is 0.667. The third kappa shape index (κ3) is 2.94. The maximum Gasteiger partial charge on any atom is 0.223 e. The fourth-order valence-electron chi connectivity index (χ4n) is 4.23. The number of carbonyl (C=O) groups excluding carboxylic acids is 1. The van der Waals surface area contributed by atoms with E-state index in [1.165, 1.54) is 12.8 Å². The van der Waals surface area contributed by atoms with Crippen molar-refractivity contribution in [2.75, 3.05) is 31.6 Å². The van der Waals surface area contributed by atoms with Gasteiger partial charge >= 0.3 is 0 Å². The van der Waals surface area contributed by atoms with Crippen LogP contribution in [0.2, 0.25) is 0 Å². The predicted octanol–water partition coefficient (Wildman–Crippen LogP) is 1.65. The Morgan fingerprint density at radius 2 is 2.22 bits per heavy atom. The Hall–Kier alpha value is -1.62. The van der Waals surface area contributed by atoms with Crippen molar-refractivity contribution in [1.29, 1.82) is 0 Å². The van der Waals surface area contributed by atoms with Gasteiger partial charge in [0.15, 0.2) is 0 Å². The first-order valence-corrected chi connectivity index (χ1v) is 8.83. The summed E-state index contributed by atoms with van der Waals surface area (Å²) in [7, 11) is 2.21. The van der Waals surface area contributed by atoms with E-state index in [2.05, 4.69) is 33.2 Å². The molecule has 1 N–H and O–H groups in total. The number of hydrogen-bond donors (Lipinski definition) is 1. The topological polar surface area (TPSA) is 48.5 Å². The number of piperidine rings is 1. The largest absolute Gasteiger partial charge is 0.368 e. The molecule has 0 radical (unpaired) electrons. The lowest BCUT2D eigenvalue weighted by atomic mass is 9.88. The third-order valence-corrected chi connectivity index (χ3v) is 5.99. The number of hydrogen-bond acceptors (Lipinski definition) is 4. The van der Waals surface area contributed by atoms with Crippen molar-refractivity contribution in [2.45, 2.75) is 43.7 Å². The molecule has 0 bridgehead atoms. The molecule has 23 heavy (non-hydrogen) atoms. The Bertz CT molecular complexity index is 572. The van der Waals surface area contributed by atoms with Gasteiger partial charge in [-0.25, -0.2) is 0 Å². The highest BCUT2D eigenvalue weighted by molar-refractivity contribution is 5.79. The molecule has 3 fully saturated rings. The molecule has 1 unspecified atom stereocenters. The minimum absolute atomic E-state index is 0.209. The Balaban J connectivity index is 1.32. The molecule has 2 atom stereocenters. The molecule has 1 aromatic rings. The van der Waals surface area contributed by atoms with Crippen molar-refractivity contribution in [1.82, 2.24) is 15.2 Å². The number of aromatic nitrogens is 1. The lowest BCUT2D eigenvalue weighted by Crippen LogP contribution is -2.48. The van der Waals surface area contributed by atoms with E-state index >= 15 is 0 Å². The molecule has 1 aromatic heterocycles. The lowest BCUT2D eigenvalue weighted by molar-refractivity contribution is -0.127. The highest BCUT2D eigenvalue weighted by Crippen LogP contribution is 2.49. The first kappa shape index (κ1) is 14.9. The Labute approximate surface area is 138 Å². The van der Waals surface area contributed by atoms with Gasteiger partial charge in [-0.1, -0.05) is 0 Å². The summed E-state index contributed by atoms with van der Waals surface area (Å²) in [4.78, 5) is 21.6. The molecule has 1 aliphatic carbocycles. The van der Waals surface area contributed by atoms with Crippen LogP contribution in [0.3, 0.4) is 0 Å². The summed E-state index contributed by atoms with van der Waals surface area (Å²) in [5.74, 6) is 0.489. The van der Waals surface area contributed by atoms with E-state index in [1.807, 2.05) is 12.3 Å². The zero-order valence-corrected chi connectivity index (χ0v) is 13.9. The van der Waals surface area contributed by atoms with Crippen molar-refractivity contribution in [3.63, 3.8) is 0 Å². The number of nitrogens with one attached hydrogen (secondary N) is 1. The van der Waals surface area contributed by atoms with Crippen LogP contribution in [-0.4, -0.2) is 54.1 Å². The highest BCUT2D eigenvalue weighted by Gasteiger charge is 2.51. The van der Waals surface area contributed by atoms with E-state index in [4.69, 9.17) is 0 Å². The first-order valence-electron chi connectivity index (χ1n) is 8.83. The first-order chi connectivity index (χ1) is 11.2. The number of carbonyl (C=O) groups is 1. The van der Waals surface area contributed by atoms with Crippen LogP contribution >= 0.6 is 0 Å². The second-order valence-corrected chi connectivity index (χ2v) is 7.49. The molecule has 5 nitrogen and oxygen atoms in total. The van der Waals surface area contributed by atoms with Gasteiger partial charge in [-0.05, 0) is 57.8 Å². The van der Waals surface area contributed by atoms with Gasteiger partial charge in [0.2, 0.25) is 5.91 Å². The van der Waals surface area contributed by atoms with Gasteiger partial charge in [-0.3, -0.25) is 9.78 Å². The number of pyridine rings is 1. The summed E-state index contributed by atoms with van der Waals surface area (Å²) in [6.45, 7) is 2.95. The zero-order chi connectivity index (χ0) is 15.9. The van der Waals surface area contributed by atoms with Crippen molar-refractivity contribution >= 4 is 11.6 Å². The van der Waals surface area contributed by atoms with Crippen molar-refractivity contribution < 1.29 is 4.79 Å². The summed E-state index contributed by atoms with van der Waals surface area (Å²) in [6.07, 6.45) is 9.32. The van der Waals surface area contributed by atoms with Gasteiger partial charge < -0.3 is 15.1 Å². The Morgan fingerprint density at radius 3 is 2.96 bits per heavy atom. The van der Waals surface area contributed by atoms with Gasteiger partial charge in [0.05, 0.1) is 11.9 Å². The number of likely N-dealkylation sites (tertiary alicyclic amines) is 1. The average Bonchev–Trinajstić information content (AvgIpc) is 3.19. The molecule has 2 saturated heterocycles. The zero-order valence-electron chi connectivity index (χ0n) is 13.9. The normalized spacial score (nSPS) is 29.7. The predicted molar refractivity (Wildman–Crippen MR) is 90.3 cm³/mol. The minimum Gasteiger partial charge on any atom is -0.368 e. The molecule has 1 saturated carbocycles. The van der Waals surface area contributed by atoms with Crippen molar-refractivity contribution in [3.8, 4) is 0 Å². The van der Waals surface area contributed by atoms with Crippen LogP contribution in [0.1, 0.15) is 32.1 Å². The average molecular weight is 314 g/mol. The summed E-state index contributed by atoms with van der Waals surface area (Å²) in [6, 6.07) is 4.33. The van der Waals surface area contributed by atoms with E-state index in [-0.39, 0.29) is 17.9 Å². The van der Waals surface area contributed by atoms with Crippen molar-refractivity contribution in [2.24, 2.45) is 5.92 Å². The van der Waals surface area contributed by atoms with E-state index < -0.39 is 0 Å². The smallest absolute Gasteiger partial charge is 0.223 e. The van der Waals surface area contributed by atoms with Crippen LogP contribution in [-0.2, 0) is 4.79 Å². The fourth-order valence-corrected chi connectivity index (χ4v) is 4.23. The standard InChI is InChI=1S/C18H26N4O/c1-21-9-4-14(11-18(21)6-7-18)17(23)20-15-5-10-22(13-15)16-3-2-8-19-12-16/h2-3,8,12,14-15H,4-7,9-11,13H2,1H3,(H,20,23)/t14-,15?/m0/s1. The molecule has 4 rings (SSSR count). The Kier molecular flexibility index (Phi) is 3.76. The quantitative estimate of drug-likeness (QED) is 0.922. The van der Waals surface area contributed by atoms with E-state index in [0.717, 1.165) is 44.6 Å². The summed E-state index contributed by atoms with van der Waals surface area (Å²) in [5.41, 5.74) is 1.51. The van der Waals surface area contributed by atoms with E-state index in [0.29, 0.717) is 5.54 Å². The molecule has 1 amide bonds. The number of nitrogens with zero attached hydrogens (tertiary/aromatic N) is 3. The van der Waals surface area contributed by atoms with Gasteiger partial charge in [-0.15, -0.1) is 0 Å². The molecule has 124 valence electrons.